The summed E-state index contributed by atoms with van der Waals surface area (Å²) >= 11 is 1.60. The first-order valence-electron chi connectivity index (χ1n) is 9.08. The van der Waals surface area contributed by atoms with Crippen molar-refractivity contribution in [1.29, 1.82) is 0 Å². The monoisotopic (exact) mass is 396 g/mol. The molecule has 0 unspecified atom stereocenters. The molecule has 2 saturated heterocycles. The van der Waals surface area contributed by atoms with E-state index in [1.54, 1.807) is 11.3 Å². The molecule has 1 spiro atoms. The number of nitrogens with zero attached hydrogens (tertiary/aromatic N) is 3. The third-order valence-electron chi connectivity index (χ3n) is 5.64. The van der Waals surface area contributed by atoms with Crippen LogP contribution in [0.25, 0.3) is 11.4 Å². The van der Waals surface area contributed by atoms with Crippen LogP contribution in [0, 0.1) is 5.41 Å². The Balaban J connectivity index is 0.00000196. The van der Waals surface area contributed by atoms with Gasteiger partial charge in [-0.25, -0.2) is 0 Å². The predicted octanol–water partition coefficient (Wildman–Crippen LogP) is 3.14. The van der Waals surface area contributed by atoms with Crippen molar-refractivity contribution in [3.8, 4) is 11.4 Å². The van der Waals surface area contributed by atoms with Crippen LogP contribution in [0.15, 0.2) is 21.3 Å². The van der Waals surface area contributed by atoms with Crippen molar-refractivity contribution >= 4 is 29.7 Å². The average Bonchev–Trinajstić information content (AvgIpc) is 3.32. The number of aromatic nitrogens is 2. The van der Waals surface area contributed by atoms with E-state index in [0.717, 1.165) is 44.6 Å². The molecule has 1 N–H and O–H groups in total. The maximum absolute atomic E-state index is 12.5. The molecule has 2 aliphatic heterocycles. The fourth-order valence-corrected chi connectivity index (χ4v) is 4.56. The molecule has 2 aliphatic rings. The first-order valence-corrected chi connectivity index (χ1v) is 10.0. The van der Waals surface area contributed by atoms with Crippen LogP contribution in [0.5, 0.6) is 0 Å². The molecule has 0 atom stereocenters. The maximum Gasteiger partial charge on any atom is 0.227 e. The fourth-order valence-electron chi connectivity index (χ4n) is 3.92. The van der Waals surface area contributed by atoms with Gasteiger partial charge < -0.3 is 14.7 Å². The maximum atomic E-state index is 12.5. The van der Waals surface area contributed by atoms with Gasteiger partial charge in [0.25, 0.3) is 0 Å². The number of amides is 1. The second-order valence-corrected chi connectivity index (χ2v) is 7.93. The van der Waals surface area contributed by atoms with E-state index in [1.165, 1.54) is 12.8 Å². The summed E-state index contributed by atoms with van der Waals surface area (Å²) in [5.41, 5.74) is 1.44. The van der Waals surface area contributed by atoms with Gasteiger partial charge in [-0.15, -0.1) is 12.4 Å². The lowest BCUT2D eigenvalue weighted by Crippen LogP contribution is -2.47. The van der Waals surface area contributed by atoms with Gasteiger partial charge in [0.2, 0.25) is 17.6 Å². The number of nitrogens with one attached hydrogen (secondary N) is 1. The molecule has 142 valence electrons. The zero-order chi connectivity index (χ0) is 17.1. The Kier molecular flexibility index (Phi) is 6.32. The molecule has 0 saturated carbocycles. The van der Waals surface area contributed by atoms with E-state index < -0.39 is 0 Å². The van der Waals surface area contributed by atoms with Gasteiger partial charge >= 0.3 is 0 Å². The van der Waals surface area contributed by atoms with Crippen LogP contribution in [-0.4, -0.2) is 47.1 Å². The minimum atomic E-state index is 0. The van der Waals surface area contributed by atoms with E-state index in [-0.39, 0.29) is 18.3 Å². The van der Waals surface area contributed by atoms with E-state index in [4.69, 9.17) is 4.52 Å². The summed E-state index contributed by atoms with van der Waals surface area (Å²) in [6, 6.07) is 1.97. The minimum absolute atomic E-state index is 0. The number of hydrogen-bond donors (Lipinski definition) is 1. The summed E-state index contributed by atoms with van der Waals surface area (Å²) in [7, 11) is 0. The van der Waals surface area contributed by atoms with Gasteiger partial charge in [-0.3, -0.25) is 4.79 Å². The zero-order valence-electron chi connectivity index (χ0n) is 14.8. The first kappa shape index (κ1) is 19.3. The van der Waals surface area contributed by atoms with E-state index in [0.29, 0.717) is 30.0 Å². The van der Waals surface area contributed by atoms with Crippen molar-refractivity contribution in [3.63, 3.8) is 0 Å². The number of halogens is 1. The van der Waals surface area contributed by atoms with Crippen LogP contribution in [0.2, 0.25) is 0 Å². The van der Waals surface area contributed by atoms with Gasteiger partial charge in [0.05, 0.1) is 0 Å². The number of aryl methyl sites for hydroxylation is 1. The summed E-state index contributed by atoms with van der Waals surface area (Å²) in [6.07, 6.45) is 5.75. The highest BCUT2D eigenvalue weighted by atomic mass is 35.5. The summed E-state index contributed by atoms with van der Waals surface area (Å²) in [6.45, 7) is 4.03. The minimum Gasteiger partial charge on any atom is -0.343 e. The van der Waals surface area contributed by atoms with E-state index in [2.05, 4.69) is 15.5 Å². The highest BCUT2D eigenvalue weighted by Gasteiger charge is 2.36. The molecule has 0 aliphatic carbocycles. The number of likely N-dealkylation sites (tertiary alicyclic amines) is 1. The van der Waals surface area contributed by atoms with Gasteiger partial charge in [-0.05, 0) is 55.6 Å². The zero-order valence-corrected chi connectivity index (χ0v) is 16.4. The molecule has 0 bridgehead atoms. The van der Waals surface area contributed by atoms with Crippen molar-refractivity contribution in [3.05, 3.63) is 22.7 Å². The summed E-state index contributed by atoms with van der Waals surface area (Å²) in [4.78, 5) is 18.9. The van der Waals surface area contributed by atoms with Crippen LogP contribution in [0.4, 0.5) is 0 Å². The molecular weight excluding hydrogens is 372 g/mol. The van der Waals surface area contributed by atoms with Gasteiger partial charge in [0.1, 0.15) is 0 Å². The topological polar surface area (TPSA) is 71.3 Å². The fraction of sp³-hybridized carbons (Fsp3) is 0.611. The summed E-state index contributed by atoms with van der Waals surface area (Å²) in [5, 5.41) is 11.4. The molecule has 2 aromatic heterocycles. The lowest BCUT2D eigenvalue weighted by molar-refractivity contribution is -0.133. The molecule has 0 radical (unpaired) electrons. The molecule has 4 rings (SSSR count). The largest absolute Gasteiger partial charge is 0.343 e. The predicted molar refractivity (Wildman–Crippen MR) is 104 cm³/mol. The van der Waals surface area contributed by atoms with E-state index >= 15 is 0 Å². The number of hydrogen-bond acceptors (Lipinski definition) is 6. The molecule has 26 heavy (non-hydrogen) atoms. The van der Waals surface area contributed by atoms with Crippen LogP contribution < -0.4 is 5.32 Å². The third-order valence-corrected chi connectivity index (χ3v) is 6.32. The second kappa shape index (κ2) is 8.50. The molecule has 1 amide bonds. The summed E-state index contributed by atoms with van der Waals surface area (Å²) in [5.74, 6) is 1.36. The molecule has 0 aromatic carbocycles. The van der Waals surface area contributed by atoms with Crippen LogP contribution in [0.1, 0.15) is 38.0 Å². The van der Waals surface area contributed by atoms with Crippen molar-refractivity contribution < 1.29 is 9.32 Å². The van der Waals surface area contributed by atoms with E-state index in [1.807, 2.05) is 21.7 Å². The van der Waals surface area contributed by atoms with Crippen molar-refractivity contribution in [2.75, 3.05) is 26.2 Å². The molecule has 6 nitrogen and oxygen atoms in total. The Labute approximate surface area is 163 Å². The lowest BCUT2D eigenvalue weighted by atomic mass is 9.71. The molecule has 2 fully saturated rings. The molecule has 8 heteroatoms. The van der Waals surface area contributed by atoms with Gasteiger partial charge in [-0.1, -0.05) is 5.16 Å². The third kappa shape index (κ3) is 4.27. The van der Waals surface area contributed by atoms with Crippen molar-refractivity contribution in [2.45, 2.75) is 38.5 Å². The molecule has 4 heterocycles. The Bertz CT molecular complexity index is 703. The Morgan fingerprint density at radius 2 is 2.04 bits per heavy atom. The number of thiophene rings is 1. The molecule has 2 aromatic rings. The highest BCUT2D eigenvalue weighted by molar-refractivity contribution is 7.08. The average molecular weight is 397 g/mol. The van der Waals surface area contributed by atoms with Crippen molar-refractivity contribution in [2.24, 2.45) is 5.41 Å². The Hall–Kier alpha value is -1.44. The van der Waals surface area contributed by atoms with Gasteiger partial charge in [0.15, 0.2) is 0 Å². The smallest absolute Gasteiger partial charge is 0.227 e. The second-order valence-electron chi connectivity index (χ2n) is 7.15. The SMILES string of the molecule is Cl.O=C(CCc1nc(-c2ccsc2)no1)N1CCC2(CCNCC2)CC1. The first-order chi connectivity index (χ1) is 12.2. The van der Waals surface area contributed by atoms with Crippen molar-refractivity contribution in [1.82, 2.24) is 20.4 Å². The molecular formula is C18H25ClN4O2S. The quantitative estimate of drug-likeness (QED) is 0.859. The summed E-state index contributed by atoms with van der Waals surface area (Å²) < 4.78 is 5.28. The highest BCUT2D eigenvalue weighted by Crippen LogP contribution is 2.39. The van der Waals surface area contributed by atoms with Gasteiger partial charge in [0, 0.05) is 36.9 Å². The van der Waals surface area contributed by atoms with Crippen LogP contribution in [0.3, 0.4) is 0 Å². The number of carbonyl (C=O) groups excluding carboxylic acids is 1. The van der Waals surface area contributed by atoms with Crippen LogP contribution in [-0.2, 0) is 11.2 Å². The lowest BCUT2D eigenvalue weighted by Gasteiger charge is -2.44. The van der Waals surface area contributed by atoms with Gasteiger partial charge in [-0.2, -0.15) is 16.3 Å². The number of carbonyl (C=O) groups is 1. The standard InChI is InChI=1S/C18H24N4O2S.ClH/c23-16(22-10-6-18(7-11-22)4-8-19-9-5-18)2-1-15-20-17(21-24-15)14-3-12-25-13-14;/h3,12-13,19H,1-2,4-11H2;1H. The number of piperidine rings is 2. The Morgan fingerprint density at radius 3 is 2.73 bits per heavy atom. The van der Waals surface area contributed by atoms with E-state index in [9.17, 15) is 4.79 Å². The Morgan fingerprint density at radius 1 is 1.27 bits per heavy atom. The van der Waals surface area contributed by atoms with Crippen LogP contribution >= 0.6 is 23.7 Å². The normalized spacial score (nSPS) is 19.3. The number of rotatable bonds is 4.